The molecular formula is C25H27NO4. The Labute approximate surface area is 176 Å². The molecule has 30 heavy (non-hydrogen) atoms. The van der Waals surface area contributed by atoms with Gasteiger partial charge in [0.1, 0.15) is 6.61 Å². The van der Waals surface area contributed by atoms with E-state index in [-0.39, 0.29) is 24.1 Å². The zero-order valence-electron chi connectivity index (χ0n) is 17.0. The van der Waals surface area contributed by atoms with Crippen molar-refractivity contribution in [2.45, 2.75) is 49.3 Å². The number of nitrogens with zero attached hydrogens (tertiary/aromatic N) is 1. The first-order valence-electron chi connectivity index (χ1n) is 11.1. The minimum atomic E-state index is -0.640. The van der Waals surface area contributed by atoms with Crippen LogP contribution in [0.5, 0.6) is 0 Å². The highest BCUT2D eigenvalue weighted by Crippen LogP contribution is 2.49. The van der Waals surface area contributed by atoms with E-state index in [4.69, 9.17) is 9.47 Å². The van der Waals surface area contributed by atoms with Gasteiger partial charge in [-0.3, -0.25) is 4.90 Å². The summed E-state index contributed by atoms with van der Waals surface area (Å²) in [5, 5.41) is 11.1. The molecule has 0 radical (unpaired) electrons. The molecule has 156 valence electrons. The number of fused-ring (bicyclic) bond motifs is 5. The average Bonchev–Trinajstić information content (AvgIpc) is 3.56. The summed E-state index contributed by atoms with van der Waals surface area (Å²) < 4.78 is 11.6. The number of piperidine rings is 1. The molecule has 0 aromatic heterocycles. The minimum absolute atomic E-state index is 0.0608. The zero-order valence-corrected chi connectivity index (χ0v) is 17.0. The lowest BCUT2D eigenvalue weighted by Crippen LogP contribution is -2.64. The molecule has 2 aromatic carbocycles. The lowest BCUT2D eigenvalue weighted by atomic mass is 9.78. The number of morpholine rings is 1. The Morgan fingerprint density at radius 3 is 2.13 bits per heavy atom. The molecule has 2 aliphatic carbocycles. The van der Waals surface area contributed by atoms with Crippen LogP contribution in [0.2, 0.25) is 0 Å². The smallest absolute Gasteiger partial charge is 0.410 e. The lowest BCUT2D eigenvalue weighted by molar-refractivity contribution is -0.140. The van der Waals surface area contributed by atoms with Crippen LogP contribution in [0.15, 0.2) is 48.5 Å². The SMILES string of the molecule is O=C(OCC1c2ccccc2-c2ccccc21)N1C2COCC1CC(O)(C1CC1)C2. The van der Waals surface area contributed by atoms with E-state index in [0.717, 1.165) is 12.8 Å². The molecule has 1 amide bonds. The predicted molar refractivity (Wildman–Crippen MR) is 112 cm³/mol. The Bertz CT molecular complexity index is 925. The van der Waals surface area contributed by atoms with Crippen molar-refractivity contribution in [2.24, 2.45) is 5.92 Å². The number of amides is 1. The molecule has 2 saturated heterocycles. The number of carbonyl (C=O) groups excluding carboxylic acids is 1. The van der Waals surface area contributed by atoms with Gasteiger partial charge in [0.05, 0.1) is 30.9 Å². The van der Waals surface area contributed by atoms with Crippen LogP contribution >= 0.6 is 0 Å². The number of benzene rings is 2. The first-order valence-corrected chi connectivity index (χ1v) is 11.1. The Balaban J connectivity index is 1.20. The molecule has 3 fully saturated rings. The maximum absolute atomic E-state index is 13.2. The quantitative estimate of drug-likeness (QED) is 0.840. The van der Waals surface area contributed by atoms with E-state index in [0.29, 0.717) is 38.6 Å². The summed E-state index contributed by atoms with van der Waals surface area (Å²) in [6.45, 7) is 1.29. The molecule has 2 unspecified atom stereocenters. The minimum Gasteiger partial charge on any atom is -0.448 e. The van der Waals surface area contributed by atoms with Crippen molar-refractivity contribution < 1.29 is 19.4 Å². The molecule has 2 heterocycles. The van der Waals surface area contributed by atoms with Crippen molar-refractivity contribution in [3.05, 3.63) is 59.7 Å². The van der Waals surface area contributed by atoms with Gasteiger partial charge in [0, 0.05) is 5.92 Å². The molecule has 1 N–H and O–H groups in total. The number of aliphatic hydroxyl groups is 1. The largest absolute Gasteiger partial charge is 0.448 e. The topological polar surface area (TPSA) is 59.0 Å². The van der Waals surface area contributed by atoms with Crippen LogP contribution in [0.1, 0.15) is 42.7 Å². The highest BCUT2D eigenvalue weighted by molar-refractivity contribution is 5.79. The van der Waals surface area contributed by atoms with Crippen LogP contribution in [0.4, 0.5) is 4.79 Å². The monoisotopic (exact) mass is 405 g/mol. The number of ether oxygens (including phenoxy) is 2. The van der Waals surface area contributed by atoms with Crippen molar-refractivity contribution in [1.29, 1.82) is 0 Å². The van der Waals surface area contributed by atoms with E-state index < -0.39 is 5.60 Å². The highest BCUT2D eigenvalue weighted by Gasteiger charge is 2.54. The van der Waals surface area contributed by atoms with Crippen LogP contribution < -0.4 is 0 Å². The van der Waals surface area contributed by atoms with Crippen LogP contribution in [0, 0.1) is 5.92 Å². The molecule has 2 bridgehead atoms. The summed E-state index contributed by atoms with van der Waals surface area (Å²) in [6, 6.07) is 16.6. The summed E-state index contributed by atoms with van der Waals surface area (Å²) in [5.41, 5.74) is 4.26. The van der Waals surface area contributed by atoms with Gasteiger partial charge in [-0.2, -0.15) is 0 Å². The highest BCUT2D eigenvalue weighted by atomic mass is 16.6. The molecule has 5 heteroatoms. The van der Waals surface area contributed by atoms with E-state index in [9.17, 15) is 9.90 Å². The summed E-state index contributed by atoms with van der Waals surface area (Å²) >= 11 is 0. The average molecular weight is 405 g/mol. The van der Waals surface area contributed by atoms with Gasteiger partial charge >= 0.3 is 6.09 Å². The fourth-order valence-corrected chi connectivity index (χ4v) is 5.93. The molecule has 1 saturated carbocycles. The van der Waals surface area contributed by atoms with Gasteiger partial charge in [-0.25, -0.2) is 4.79 Å². The lowest BCUT2D eigenvalue weighted by Gasteiger charge is -2.51. The van der Waals surface area contributed by atoms with Crippen LogP contribution in [0.25, 0.3) is 11.1 Å². The van der Waals surface area contributed by atoms with Gasteiger partial charge in [-0.05, 0) is 53.9 Å². The number of hydrogen-bond donors (Lipinski definition) is 1. The number of rotatable bonds is 3. The van der Waals surface area contributed by atoms with Crippen molar-refractivity contribution in [1.82, 2.24) is 4.90 Å². The Kier molecular flexibility index (Phi) is 4.19. The summed E-state index contributed by atoms with van der Waals surface area (Å²) in [5.74, 6) is 0.455. The van der Waals surface area contributed by atoms with E-state index in [1.807, 2.05) is 17.0 Å². The summed E-state index contributed by atoms with van der Waals surface area (Å²) in [6.07, 6.45) is 3.12. The maximum Gasteiger partial charge on any atom is 0.410 e. The van der Waals surface area contributed by atoms with Crippen molar-refractivity contribution in [3.8, 4) is 11.1 Å². The number of carbonyl (C=O) groups is 1. The second-order valence-electron chi connectivity index (χ2n) is 9.34. The van der Waals surface area contributed by atoms with Gasteiger partial charge in [-0.1, -0.05) is 48.5 Å². The molecule has 2 atom stereocenters. The third-order valence-electron chi connectivity index (χ3n) is 7.47. The second-order valence-corrected chi connectivity index (χ2v) is 9.34. The van der Waals surface area contributed by atoms with E-state index >= 15 is 0 Å². The normalized spacial score (nSPS) is 30.0. The molecule has 5 nitrogen and oxygen atoms in total. The first kappa shape index (κ1) is 18.4. The molecule has 2 aliphatic heterocycles. The standard InChI is InChI=1S/C25H27NO4/c27-24(26-17-11-25(28,16-9-10-16)12-18(26)14-29-13-17)30-15-23-21-7-3-1-5-19(21)20-6-2-4-8-22(20)23/h1-8,16-18,23,28H,9-15H2. The number of hydrogen-bond acceptors (Lipinski definition) is 4. The van der Waals surface area contributed by atoms with E-state index in [1.165, 1.54) is 22.3 Å². The van der Waals surface area contributed by atoms with Crippen LogP contribution in [-0.4, -0.2) is 53.6 Å². The predicted octanol–water partition coefficient (Wildman–Crippen LogP) is 3.94. The van der Waals surface area contributed by atoms with Crippen molar-refractivity contribution >= 4 is 6.09 Å². The molecule has 6 rings (SSSR count). The Morgan fingerprint density at radius 2 is 1.57 bits per heavy atom. The van der Waals surface area contributed by atoms with E-state index in [2.05, 4.69) is 36.4 Å². The zero-order chi connectivity index (χ0) is 20.3. The van der Waals surface area contributed by atoms with Gasteiger partial charge in [0.25, 0.3) is 0 Å². The Morgan fingerprint density at radius 1 is 1.00 bits per heavy atom. The molecular weight excluding hydrogens is 378 g/mol. The molecule has 2 aromatic rings. The summed E-state index contributed by atoms with van der Waals surface area (Å²) in [4.78, 5) is 15.0. The van der Waals surface area contributed by atoms with Crippen LogP contribution in [0.3, 0.4) is 0 Å². The fraction of sp³-hybridized carbons (Fsp3) is 0.480. The molecule has 4 aliphatic rings. The van der Waals surface area contributed by atoms with E-state index in [1.54, 1.807) is 0 Å². The maximum atomic E-state index is 13.2. The van der Waals surface area contributed by atoms with Crippen molar-refractivity contribution in [3.63, 3.8) is 0 Å². The Hall–Kier alpha value is -2.37. The second kappa shape index (κ2) is 6.82. The van der Waals surface area contributed by atoms with Gasteiger partial charge in [-0.15, -0.1) is 0 Å². The third-order valence-corrected chi connectivity index (χ3v) is 7.47. The molecule has 0 spiro atoms. The fourth-order valence-electron chi connectivity index (χ4n) is 5.93. The van der Waals surface area contributed by atoms with Gasteiger partial charge < -0.3 is 14.6 Å². The van der Waals surface area contributed by atoms with Crippen LogP contribution in [-0.2, 0) is 9.47 Å². The summed E-state index contributed by atoms with van der Waals surface area (Å²) in [7, 11) is 0. The third kappa shape index (κ3) is 2.87. The van der Waals surface area contributed by atoms with Gasteiger partial charge in [0.2, 0.25) is 0 Å². The van der Waals surface area contributed by atoms with Crippen molar-refractivity contribution in [2.75, 3.05) is 19.8 Å². The van der Waals surface area contributed by atoms with Gasteiger partial charge in [0.15, 0.2) is 0 Å². The first-order chi connectivity index (χ1) is 14.6.